The smallest absolute Gasteiger partial charge is 0.313 e. The van der Waals surface area contributed by atoms with Crippen molar-refractivity contribution in [1.29, 1.82) is 0 Å². The number of benzene rings is 1. The van der Waals surface area contributed by atoms with Crippen molar-refractivity contribution in [3.05, 3.63) is 35.4 Å². The second-order valence-electron chi connectivity index (χ2n) is 4.53. The van der Waals surface area contributed by atoms with Gasteiger partial charge in [0.1, 0.15) is 6.29 Å². The van der Waals surface area contributed by atoms with Crippen LogP contribution in [0.2, 0.25) is 0 Å². The summed E-state index contributed by atoms with van der Waals surface area (Å²) < 4.78 is 38.6. The third-order valence-corrected chi connectivity index (χ3v) is 3.25. The van der Waals surface area contributed by atoms with Crippen LogP contribution in [-0.2, 0) is 17.5 Å². The van der Waals surface area contributed by atoms with Crippen LogP contribution >= 0.6 is 0 Å². The standard InChI is InChI=1S/C13H15F3N2O/c14-13(15,16)12-4-2-1-3-10(12)8-18-6-5-17-7-11(18)9-19/h1-4,9,11,17H,5-8H2. The number of carbonyl (C=O) groups excluding carboxylic acids is 1. The van der Waals surface area contributed by atoms with E-state index in [0.29, 0.717) is 19.6 Å². The van der Waals surface area contributed by atoms with Crippen molar-refractivity contribution in [3.63, 3.8) is 0 Å². The lowest BCUT2D eigenvalue weighted by atomic mass is 10.1. The van der Waals surface area contributed by atoms with Gasteiger partial charge in [-0.2, -0.15) is 13.2 Å². The summed E-state index contributed by atoms with van der Waals surface area (Å²) in [7, 11) is 0. The molecule has 3 nitrogen and oxygen atoms in total. The Hall–Kier alpha value is -1.40. The van der Waals surface area contributed by atoms with Crippen LogP contribution in [0.1, 0.15) is 11.1 Å². The molecule has 1 aromatic rings. The number of piperazine rings is 1. The van der Waals surface area contributed by atoms with E-state index in [0.717, 1.165) is 12.4 Å². The predicted molar refractivity (Wildman–Crippen MR) is 64.6 cm³/mol. The summed E-state index contributed by atoms with van der Waals surface area (Å²) in [4.78, 5) is 12.7. The molecule has 1 N–H and O–H groups in total. The quantitative estimate of drug-likeness (QED) is 0.850. The van der Waals surface area contributed by atoms with E-state index in [2.05, 4.69) is 5.32 Å². The molecular formula is C13H15F3N2O. The summed E-state index contributed by atoms with van der Waals surface area (Å²) in [6.45, 7) is 1.87. The predicted octanol–water partition coefficient (Wildman–Crippen LogP) is 1.68. The summed E-state index contributed by atoms with van der Waals surface area (Å²) in [5.41, 5.74) is -0.415. The zero-order valence-corrected chi connectivity index (χ0v) is 10.3. The fourth-order valence-corrected chi connectivity index (χ4v) is 2.25. The third-order valence-electron chi connectivity index (χ3n) is 3.25. The van der Waals surface area contributed by atoms with Gasteiger partial charge in [0.15, 0.2) is 0 Å². The molecule has 0 bridgehead atoms. The first-order valence-electron chi connectivity index (χ1n) is 6.07. The molecular weight excluding hydrogens is 257 g/mol. The molecule has 1 aromatic carbocycles. The highest BCUT2D eigenvalue weighted by Gasteiger charge is 2.34. The summed E-state index contributed by atoms with van der Waals surface area (Å²) in [6.07, 6.45) is -3.58. The first-order valence-corrected chi connectivity index (χ1v) is 6.07. The Morgan fingerprint density at radius 2 is 2.11 bits per heavy atom. The van der Waals surface area contributed by atoms with Crippen LogP contribution in [0.4, 0.5) is 13.2 Å². The van der Waals surface area contributed by atoms with Gasteiger partial charge in [0.05, 0.1) is 11.6 Å². The first-order chi connectivity index (χ1) is 9.02. The summed E-state index contributed by atoms with van der Waals surface area (Å²) in [6, 6.07) is 5.14. The minimum Gasteiger partial charge on any atom is -0.313 e. The van der Waals surface area contributed by atoms with Crippen LogP contribution in [0.3, 0.4) is 0 Å². The minimum absolute atomic E-state index is 0.140. The van der Waals surface area contributed by atoms with Gasteiger partial charge in [0.25, 0.3) is 0 Å². The van der Waals surface area contributed by atoms with Gasteiger partial charge in [-0.1, -0.05) is 18.2 Å². The molecule has 104 valence electrons. The van der Waals surface area contributed by atoms with Crippen LogP contribution in [0.5, 0.6) is 0 Å². The van der Waals surface area contributed by atoms with Crippen molar-refractivity contribution < 1.29 is 18.0 Å². The molecule has 1 fully saturated rings. The van der Waals surface area contributed by atoms with E-state index in [1.807, 2.05) is 0 Å². The lowest BCUT2D eigenvalue weighted by Crippen LogP contribution is -2.51. The van der Waals surface area contributed by atoms with Gasteiger partial charge in [-0.25, -0.2) is 0 Å². The van der Waals surface area contributed by atoms with Crippen LogP contribution in [0.15, 0.2) is 24.3 Å². The largest absolute Gasteiger partial charge is 0.416 e. The molecule has 2 rings (SSSR count). The molecule has 0 spiro atoms. The zero-order chi connectivity index (χ0) is 13.9. The molecule has 6 heteroatoms. The van der Waals surface area contributed by atoms with Gasteiger partial charge >= 0.3 is 6.18 Å². The molecule has 1 atom stereocenters. The maximum Gasteiger partial charge on any atom is 0.416 e. The molecule has 1 saturated heterocycles. The van der Waals surface area contributed by atoms with Crippen molar-refractivity contribution in [2.45, 2.75) is 18.8 Å². The summed E-state index contributed by atoms with van der Waals surface area (Å²) >= 11 is 0. The van der Waals surface area contributed by atoms with E-state index in [9.17, 15) is 18.0 Å². The number of carbonyl (C=O) groups is 1. The SMILES string of the molecule is O=CC1CNCCN1Cc1ccccc1C(F)(F)F. The fourth-order valence-electron chi connectivity index (χ4n) is 2.25. The molecule has 0 aromatic heterocycles. The van der Waals surface area contributed by atoms with Crippen LogP contribution in [0.25, 0.3) is 0 Å². The lowest BCUT2D eigenvalue weighted by Gasteiger charge is -2.33. The number of nitrogens with zero attached hydrogens (tertiary/aromatic N) is 1. The third kappa shape index (κ3) is 3.33. The molecule has 19 heavy (non-hydrogen) atoms. The first kappa shape index (κ1) is 14.0. The van der Waals surface area contributed by atoms with Gasteiger partial charge in [-0.05, 0) is 11.6 Å². The summed E-state index contributed by atoms with van der Waals surface area (Å²) in [5, 5.41) is 3.05. The molecule has 0 saturated carbocycles. The topological polar surface area (TPSA) is 32.3 Å². The van der Waals surface area contributed by atoms with Gasteiger partial charge in [0.2, 0.25) is 0 Å². The lowest BCUT2D eigenvalue weighted by molar-refractivity contribution is -0.138. The Labute approximate surface area is 109 Å². The van der Waals surface area contributed by atoms with Crippen molar-refractivity contribution in [2.24, 2.45) is 0 Å². The normalized spacial score (nSPS) is 21.3. The maximum atomic E-state index is 12.9. The second kappa shape index (κ2) is 5.71. The van der Waals surface area contributed by atoms with Crippen molar-refractivity contribution in [3.8, 4) is 0 Å². The molecule has 1 aliphatic heterocycles. The average Bonchev–Trinajstić information content (AvgIpc) is 2.39. The molecule has 1 heterocycles. The van der Waals surface area contributed by atoms with E-state index in [1.165, 1.54) is 12.1 Å². The van der Waals surface area contributed by atoms with E-state index in [1.54, 1.807) is 11.0 Å². The Balaban J connectivity index is 2.20. The number of rotatable bonds is 3. The van der Waals surface area contributed by atoms with E-state index < -0.39 is 11.7 Å². The summed E-state index contributed by atoms with van der Waals surface area (Å²) in [5.74, 6) is 0. The number of nitrogens with one attached hydrogen (secondary N) is 1. The zero-order valence-electron chi connectivity index (χ0n) is 10.3. The fraction of sp³-hybridized carbons (Fsp3) is 0.462. The Morgan fingerprint density at radius 1 is 1.37 bits per heavy atom. The van der Waals surface area contributed by atoms with Crippen molar-refractivity contribution in [2.75, 3.05) is 19.6 Å². The van der Waals surface area contributed by atoms with Crippen molar-refractivity contribution >= 4 is 6.29 Å². The average molecular weight is 272 g/mol. The molecule has 0 amide bonds. The van der Waals surface area contributed by atoms with Crippen LogP contribution in [0, 0.1) is 0 Å². The number of aldehydes is 1. The highest BCUT2D eigenvalue weighted by Crippen LogP contribution is 2.32. The molecule has 0 radical (unpaired) electrons. The van der Waals surface area contributed by atoms with E-state index in [-0.39, 0.29) is 18.2 Å². The van der Waals surface area contributed by atoms with E-state index in [4.69, 9.17) is 0 Å². The van der Waals surface area contributed by atoms with Crippen molar-refractivity contribution in [1.82, 2.24) is 10.2 Å². The number of halogens is 3. The van der Waals surface area contributed by atoms with Crippen LogP contribution < -0.4 is 5.32 Å². The molecule has 1 unspecified atom stereocenters. The van der Waals surface area contributed by atoms with Crippen LogP contribution in [-0.4, -0.2) is 36.9 Å². The highest BCUT2D eigenvalue weighted by molar-refractivity contribution is 5.58. The Morgan fingerprint density at radius 3 is 2.79 bits per heavy atom. The molecule has 1 aliphatic rings. The Bertz CT molecular complexity index is 448. The molecule has 0 aliphatic carbocycles. The van der Waals surface area contributed by atoms with Gasteiger partial charge in [-0.15, -0.1) is 0 Å². The van der Waals surface area contributed by atoms with Gasteiger partial charge in [0, 0.05) is 26.2 Å². The second-order valence-corrected chi connectivity index (χ2v) is 4.53. The van der Waals surface area contributed by atoms with Gasteiger partial charge in [-0.3, -0.25) is 4.90 Å². The Kier molecular flexibility index (Phi) is 4.21. The minimum atomic E-state index is -4.36. The maximum absolute atomic E-state index is 12.9. The highest BCUT2D eigenvalue weighted by atomic mass is 19.4. The monoisotopic (exact) mass is 272 g/mol. The number of hydrogen-bond donors (Lipinski definition) is 1. The van der Waals surface area contributed by atoms with E-state index >= 15 is 0 Å². The number of alkyl halides is 3. The number of hydrogen-bond acceptors (Lipinski definition) is 3. The van der Waals surface area contributed by atoms with Gasteiger partial charge < -0.3 is 10.1 Å².